The third-order valence-electron chi connectivity index (χ3n) is 4.41. The molecule has 0 fully saturated rings. The summed E-state index contributed by atoms with van der Waals surface area (Å²) in [6, 6.07) is 1.07. The third-order valence-corrected chi connectivity index (χ3v) is 7.23. The van der Waals surface area contributed by atoms with E-state index in [1.165, 1.54) is 17.5 Å². The van der Waals surface area contributed by atoms with Crippen molar-refractivity contribution in [2.75, 3.05) is 18.5 Å². The van der Waals surface area contributed by atoms with E-state index in [0.717, 1.165) is 16.5 Å². The fourth-order valence-electron chi connectivity index (χ4n) is 2.84. The number of ether oxygens (including phenoxy) is 2. The SMILES string of the molecule is C[Si](C)(C)CCOCn1cc(C(=O)Nc2sc3c(c2C(N)=O)CCOC3)cn1. The largest absolute Gasteiger partial charge is 0.376 e. The Morgan fingerprint density at radius 3 is 2.93 bits per heavy atom. The first kappa shape index (κ1) is 20.7. The summed E-state index contributed by atoms with van der Waals surface area (Å²) in [5, 5.41) is 7.43. The van der Waals surface area contributed by atoms with E-state index < -0.39 is 14.0 Å². The van der Waals surface area contributed by atoms with Crippen LogP contribution in [0.3, 0.4) is 0 Å². The highest BCUT2D eigenvalue weighted by Crippen LogP contribution is 2.36. The molecule has 1 aliphatic heterocycles. The van der Waals surface area contributed by atoms with Gasteiger partial charge in [-0.05, 0) is 18.0 Å². The molecule has 0 aliphatic carbocycles. The summed E-state index contributed by atoms with van der Waals surface area (Å²) in [5.41, 5.74) is 7.21. The zero-order chi connectivity index (χ0) is 20.3. The number of hydrogen-bond donors (Lipinski definition) is 2. The van der Waals surface area contributed by atoms with Crippen molar-refractivity contribution in [3.8, 4) is 0 Å². The van der Waals surface area contributed by atoms with Crippen molar-refractivity contribution < 1.29 is 19.1 Å². The quantitative estimate of drug-likeness (QED) is 0.502. The minimum Gasteiger partial charge on any atom is -0.376 e. The Bertz CT molecular complexity index is 872. The predicted octanol–water partition coefficient (Wildman–Crippen LogP) is 2.68. The van der Waals surface area contributed by atoms with Crippen molar-refractivity contribution in [1.29, 1.82) is 0 Å². The number of rotatable bonds is 8. The molecule has 0 bridgehead atoms. The van der Waals surface area contributed by atoms with E-state index >= 15 is 0 Å². The molecule has 3 rings (SSSR count). The summed E-state index contributed by atoms with van der Waals surface area (Å²) < 4.78 is 12.7. The molecule has 2 amide bonds. The molecular formula is C18H26N4O4SSi. The van der Waals surface area contributed by atoms with Crippen LogP contribution < -0.4 is 11.1 Å². The monoisotopic (exact) mass is 422 g/mol. The highest BCUT2D eigenvalue weighted by Gasteiger charge is 2.25. The lowest BCUT2D eigenvalue weighted by Crippen LogP contribution is -2.22. The second-order valence-electron chi connectivity index (χ2n) is 7.95. The summed E-state index contributed by atoms with van der Waals surface area (Å²) in [5.74, 6) is -0.878. The van der Waals surface area contributed by atoms with Crippen LogP contribution in [0.2, 0.25) is 25.7 Å². The van der Waals surface area contributed by atoms with Crippen LogP contribution in [0.5, 0.6) is 0 Å². The van der Waals surface area contributed by atoms with E-state index in [2.05, 4.69) is 30.1 Å². The molecule has 0 atom stereocenters. The highest BCUT2D eigenvalue weighted by atomic mass is 32.1. The van der Waals surface area contributed by atoms with Gasteiger partial charge >= 0.3 is 0 Å². The van der Waals surface area contributed by atoms with Gasteiger partial charge < -0.3 is 20.5 Å². The zero-order valence-electron chi connectivity index (χ0n) is 16.4. The average molecular weight is 423 g/mol. The van der Waals surface area contributed by atoms with Crippen LogP contribution in [-0.2, 0) is 29.2 Å². The van der Waals surface area contributed by atoms with Crippen LogP contribution in [0.4, 0.5) is 5.00 Å². The van der Waals surface area contributed by atoms with Crippen molar-refractivity contribution in [2.45, 2.75) is 45.4 Å². The summed E-state index contributed by atoms with van der Waals surface area (Å²) in [4.78, 5) is 25.4. The molecule has 2 aromatic rings. The van der Waals surface area contributed by atoms with Crippen molar-refractivity contribution in [3.63, 3.8) is 0 Å². The standard InChI is InChI=1S/C18H26N4O4SSi/c1-28(2,3)7-6-26-11-22-9-12(8-20-22)17(24)21-18-15(16(19)23)13-4-5-25-10-14(13)27-18/h8-9H,4-7,10-11H2,1-3H3,(H2,19,23)(H,21,24). The van der Waals surface area contributed by atoms with Gasteiger partial charge in [0.2, 0.25) is 0 Å². The number of hydrogen-bond acceptors (Lipinski definition) is 6. The molecule has 2 aromatic heterocycles. The molecule has 0 saturated carbocycles. The molecule has 8 nitrogen and oxygen atoms in total. The molecule has 0 saturated heterocycles. The number of aromatic nitrogens is 2. The van der Waals surface area contributed by atoms with E-state index in [4.69, 9.17) is 15.2 Å². The summed E-state index contributed by atoms with van der Waals surface area (Å²) >= 11 is 1.33. The molecule has 1 aliphatic rings. The Hall–Kier alpha value is -2.01. The van der Waals surface area contributed by atoms with Gasteiger partial charge in [-0.15, -0.1) is 11.3 Å². The second kappa shape index (κ2) is 8.56. The number of fused-ring (bicyclic) bond motifs is 1. The summed E-state index contributed by atoms with van der Waals surface area (Å²) in [6.45, 7) is 8.84. The predicted molar refractivity (Wildman–Crippen MR) is 110 cm³/mol. The maximum Gasteiger partial charge on any atom is 0.259 e. The lowest BCUT2D eigenvalue weighted by atomic mass is 10.1. The number of nitrogens with two attached hydrogens (primary N) is 1. The van der Waals surface area contributed by atoms with E-state index in [1.807, 2.05) is 0 Å². The Labute approximate surface area is 169 Å². The van der Waals surface area contributed by atoms with Crippen molar-refractivity contribution >= 4 is 36.2 Å². The topological polar surface area (TPSA) is 108 Å². The molecule has 0 aromatic carbocycles. The van der Waals surface area contributed by atoms with E-state index in [9.17, 15) is 9.59 Å². The first-order valence-electron chi connectivity index (χ1n) is 9.18. The summed E-state index contributed by atoms with van der Waals surface area (Å²) in [6.07, 6.45) is 3.73. The fraction of sp³-hybridized carbons (Fsp3) is 0.500. The van der Waals surface area contributed by atoms with Crippen LogP contribution in [-0.4, -0.2) is 42.9 Å². The van der Waals surface area contributed by atoms with Crippen molar-refractivity contribution in [1.82, 2.24) is 9.78 Å². The Morgan fingerprint density at radius 2 is 2.21 bits per heavy atom. The maximum atomic E-state index is 12.6. The van der Waals surface area contributed by atoms with Gasteiger partial charge in [0.1, 0.15) is 11.7 Å². The van der Waals surface area contributed by atoms with Gasteiger partial charge in [-0.25, -0.2) is 4.68 Å². The van der Waals surface area contributed by atoms with Crippen LogP contribution in [0.25, 0.3) is 0 Å². The van der Waals surface area contributed by atoms with Crippen LogP contribution in [0.1, 0.15) is 31.2 Å². The lowest BCUT2D eigenvalue weighted by Gasteiger charge is -2.15. The number of nitrogens with one attached hydrogen (secondary N) is 1. The Kier molecular flexibility index (Phi) is 6.33. The third kappa shape index (κ3) is 5.07. The van der Waals surface area contributed by atoms with Crippen LogP contribution in [0.15, 0.2) is 12.4 Å². The van der Waals surface area contributed by atoms with Crippen molar-refractivity contribution in [3.05, 3.63) is 34.0 Å². The number of anilines is 1. The zero-order valence-corrected chi connectivity index (χ0v) is 18.2. The molecule has 152 valence electrons. The number of nitrogens with zero attached hydrogens (tertiary/aromatic N) is 2. The lowest BCUT2D eigenvalue weighted by molar-refractivity contribution is 0.0785. The smallest absolute Gasteiger partial charge is 0.259 e. The molecule has 0 radical (unpaired) electrons. The molecule has 10 heteroatoms. The first-order valence-corrected chi connectivity index (χ1v) is 13.7. The van der Waals surface area contributed by atoms with E-state index in [0.29, 0.717) is 49.1 Å². The van der Waals surface area contributed by atoms with Gasteiger partial charge in [-0.2, -0.15) is 5.10 Å². The molecule has 0 unspecified atom stereocenters. The molecule has 28 heavy (non-hydrogen) atoms. The maximum absolute atomic E-state index is 12.6. The molecule has 3 N–H and O–H groups in total. The van der Waals surface area contributed by atoms with Crippen LogP contribution in [0, 0.1) is 0 Å². The summed E-state index contributed by atoms with van der Waals surface area (Å²) in [7, 11) is -1.14. The number of amides is 2. The first-order chi connectivity index (χ1) is 13.2. The van der Waals surface area contributed by atoms with Gasteiger partial charge in [0.05, 0.1) is 30.5 Å². The van der Waals surface area contributed by atoms with Gasteiger partial charge in [0, 0.05) is 25.8 Å². The number of carbonyl (C=O) groups excluding carboxylic acids is 2. The molecular weight excluding hydrogens is 396 g/mol. The van der Waals surface area contributed by atoms with E-state index in [-0.39, 0.29) is 5.91 Å². The Morgan fingerprint density at radius 1 is 1.43 bits per heavy atom. The highest BCUT2D eigenvalue weighted by molar-refractivity contribution is 7.17. The number of carbonyl (C=O) groups is 2. The normalized spacial score (nSPS) is 14.0. The number of primary amides is 1. The Balaban J connectivity index is 1.64. The van der Waals surface area contributed by atoms with Gasteiger partial charge in [0.25, 0.3) is 11.8 Å². The van der Waals surface area contributed by atoms with Crippen LogP contribution >= 0.6 is 11.3 Å². The average Bonchev–Trinajstić information content (AvgIpc) is 3.22. The fourth-order valence-corrected chi connectivity index (χ4v) is 4.79. The minimum atomic E-state index is -1.14. The van der Waals surface area contributed by atoms with Gasteiger partial charge in [-0.3, -0.25) is 9.59 Å². The second-order valence-corrected chi connectivity index (χ2v) is 14.7. The minimum absolute atomic E-state index is 0.301. The van der Waals surface area contributed by atoms with E-state index in [1.54, 1.807) is 10.9 Å². The van der Waals surface area contributed by atoms with Crippen molar-refractivity contribution in [2.24, 2.45) is 5.73 Å². The van der Waals surface area contributed by atoms with Gasteiger partial charge in [0.15, 0.2) is 0 Å². The van der Waals surface area contributed by atoms with Gasteiger partial charge in [-0.1, -0.05) is 19.6 Å². The number of thiophene rings is 1. The molecule has 0 spiro atoms. The molecule has 3 heterocycles.